The van der Waals surface area contributed by atoms with E-state index in [4.69, 9.17) is 0 Å². The molecule has 0 unspecified atom stereocenters. The predicted octanol–water partition coefficient (Wildman–Crippen LogP) is 3.42. The number of hydrogen-bond donors (Lipinski definition) is 1. The maximum Gasteiger partial charge on any atom is 0.273 e. The minimum atomic E-state index is -0.933. The van der Waals surface area contributed by atoms with Crippen LogP contribution in [0, 0.1) is 31.9 Å². The van der Waals surface area contributed by atoms with Gasteiger partial charge in [-0.1, -0.05) is 0 Å². The molecule has 0 atom stereocenters. The van der Waals surface area contributed by atoms with Crippen molar-refractivity contribution in [2.45, 2.75) is 0 Å². The number of nitrogens with zero attached hydrogens (tertiary/aromatic N) is 2. The number of nitro groups is 2. The molecule has 0 aliphatic heterocycles. The SMILES string of the molecule is O=[N+]([O-])c1cc(F)c2[nH]c3c(F)cc([N+](=O)[O-])cc3c2c1. The van der Waals surface area contributed by atoms with E-state index in [0.29, 0.717) is 12.1 Å². The fraction of sp³-hybridized carbons (Fsp3) is 0. The third-order valence-electron chi connectivity index (χ3n) is 3.11. The second kappa shape index (κ2) is 4.20. The van der Waals surface area contributed by atoms with Crippen molar-refractivity contribution >= 4 is 33.2 Å². The molecule has 1 heterocycles. The molecule has 0 amide bonds. The summed E-state index contributed by atoms with van der Waals surface area (Å²) in [6, 6.07) is 3.48. The number of H-pyrrole nitrogens is 1. The van der Waals surface area contributed by atoms with Crippen molar-refractivity contribution in [3.8, 4) is 0 Å². The first-order chi connectivity index (χ1) is 9.88. The molecular weight excluding hydrogens is 288 g/mol. The lowest BCUT2D eigenvalue weighted by atomic mass is 10.1. The Morgan fingerprint density at radius 2 is 1.19 bits per heavy atom. The fourth-order valence-corrected chi connectivity index (χ4v) is 2.20. The van der Waals surface area contributed by atoms with Gasteiger partial charge >= 0.3 is 0 Å². The Balaban J connectivity index is 2.49. The van der Waals surface area contributed by atoms with Crippen LogP contribution in [0.25, 0.3) is 21.8 Å². The van der Waals surface area contributed by atoms with Gasteiger partial charge in [0.2, 0.25) is 0 Å². The van der Waals surface area contributed by atoms with E-state index >= 15 is 0 Å². The van der Waals surface area contributed by atoms with E-state index in [-0.39, 0.29) is 21.8 Å². The third kappa shape index (κ3) is 1.86. The van der Waals surface area contributed by atoms with Gasteiger partial charge in [-0.25, -0.2) is 8.78 Å². The number of aromatic nitrogens is 1. The van der Waals surface area contributed by atoms with Crippen LogP contribution in [0.5, 0.6) is 0 Å². The number of hydrogen-bond acceptors (Lipinski definition) is 4. The molecule has 3 aromatic rings. The molecule has 106 valence electrons. The van der Waals surface area contributed by atoms with E-state index < -0.39 is 32.9 Å². The van der Waals surface area contributed by atoms with E-state index in [1.807, 2.05) is 0 Å². The lowest BCUT2D eigenvalue weighted by Gasteiger charge is -1.96. The van der Waals surface area contributed by atoms with Gasteiger partial charge in [0, 0.05) is 22.9 Å². The van der Waals surface area contributed by atoms with Crippen LogP contribution < -0.4 is 0 Å². The van der Waals surface area contributed by atoms with E-state index in [0.717, 1.165) is 12.1 Å². The fourth-order valence-electron chi connectivity index (χ4n) is 2.20. The molecule has 21 heavy (non-hydrogen) atoms. The summed E-state index contributed by atoms with van der Waals surface area (Å²) in [5, 5.41) is 21.5. The number of nitro benzene ring substituents is 2. The van der Waals surface area contributed by atoms with Gasteiger partial charge in [0.1, 0.15) is 0 Å². The lowest BCUT2D eigenvalue weighted by Crippen LogP contribution is -1.90. The van der Waals surface area contributed by atoms with Crippen LogP contribution in [-0.2, 0) is 0 Å². The monoisotopic (exact) mass is 293 g/mol. The number of nitrogens with one attached hydrogen (secondary N) is 1. The number of rotatable bonds is 2. The first-order valence-electron chi connectivity index (χ1n) is 5.61. The van der Waals surface area contributed by atoms with E-state index in [2.05, 4.69) is 4.98 Å². The average Bonchev–Trinajstić information content (AvgIpc) is 2.78. The highest BCUT2D eigenvalue weighted by Gasteiger charge is 2.20. The van der Waals surface area contributed by atoms with Crippen molar-refractivity contribution in [1.82, 2.24) is 4.98 Å². The Labute approximate surface area is 114 Å². The molecule has 3 rings (SSSR count). The number of aromatic amines is 1. The zero-order valence-corrected chi connectivity index (χ0v) is 10.1. The molecule has 0 aliphatic carbocycles. The third-order valence-corrected chi connectivity index (χ3v) is 3.11. The van der Waals surface area contributed by atoms with Gasteiger partial charge in [-0.05, 0) is 0 Å². The summed E-state index contributed by atoms with van der Waals surface area (Å²) in [6.07, 6.45) is 0. The Morgan fingerprint density at radius 3 is 1.52 bits per heavy atom. The molecule has 1 aromatic heterocycles. The predicted molar refractivity (Wildman–Crippen MR) is 69.0 cm³/mol. The van der Waals surface area contributed by atoms with Gasteiger partial charge in [0.25, 0.3) is 11.4 Å². The van der Waals surface area contributed by atoms with Crippen LogP contribution in [0.3, 0.4) is 0 Å². The maximum atomic E-state index is 13.8. The highest BCUT2D eigenvalue weighted by atomic mass is 19.1. The molecule has 1 N–H and O–H groups in total. The van der Waals surface area contributed by atoms with Crippen LogP contribution in [0.2, 0.25) is 0 Å². The number of fused-ring (bicyclic) bond motifs is 3. The van der Waals surface area contributed by atoms with Crippen molar-refractivity contribution in [2.24, 2.45) is 0 Å². The molecule has 0 saturated carbocycles. The maximum absolute atomic E-state index is 13.8. The van der Waals surface area contributed by atoms with E-state index in [9.17, 15) is 29.0 Å². The van der Waals surface area contributed by atoms with Crippen molar-refractivity contribution < 1.29 is 18.6 Å². The second-order valence-corrected chi connectivity index (χ2v) is 4.34. The summed E-state index contributed by atoms with van der Waals surface area (Å²) in [7, 11) is 0. The molecule has 0 saturated heterocycles. The first kappa shape index (κ1) is 12.9. The van der Waals surface area contributed by atoms with Crippen molar-refractivity contribution in [3.63, 3.8) is 0 Å². The Kier molecular flexibility index (Phi) is 2.58. The molecule has 0 fully saturated rings. The normalized spacial score (nSPS) is 11.1. The Morgan fingerprint density at radius 1 is 0.810 bits per heavy atom. The minimum Gasteiger partial charge on any atom is -0.350 e. The topological polar surface area (TPSA) is 102 Å². The van der Waals surface area contributed by atoms with Gasteiger partial charge in [-0.2, -0.15) is 0 Å². The van der Waals surface area contributed by atoms with Gasteiger partial charge in [-0.15, -0.1) is 0 Å². The zero-order valence-electron chi connectivity index (χ0n) is 10.1. The van der Waals surface area contributed by atoms with Crippen LogP contribution >= 0.6 is 0 Å². The van der Waals surface area contributed by atoms with Crippen LogP contribution in [-0.4, -0.2) is 14.8 Å². The molecule has 0 radical (unpaired) electrons. The summed E-state index contributed by atoms with van der Waals surface area (Å²) in [5.74, 6) is -1.87. The molecular formula is C12H5F2N3O4. The molecule has 2 aromatic carbocycles. The van der Waals surface area contributed by atoms with E-state index in [1.54, 1.807) is 0 Å². The number of halogens is 2. The summed E-state index contributed by atoms with van der Waals surface area (Å²) in [5.41, 5.74) is -1.33. The standard InChI is InChI=1S/C12H5F2N3O4/c13-9-3-5(16(18)19)1-7-8-2-6(17(20)21)4-10(14)12(8)15-11(7)9/h1-4,15H. The molecule has 7 nitrogen and oxygen atoms in total. The second-order valence-electron chi connectivity index (χ2n) is 4.34. The van der Waals surface area contributed by atoms with Crippen LogP contribution in [0.1, 0.15) is 0 Å². The summed E-state index contributed by atoms with van der Waals surface area (Å²) < 4.78 is 27.7. The number of benzene rings is 2. The molecule has 0 bridgehead atoms. The van der Waals surface area contributed by atoms with Crippen LogP contribution in [0.15, 0.2) is 24.3 Å². The Hall–Kier alpha value is -3.10. The quantitative estimate of drug-likeness (QED) is 0.577. The zero-order chi connectivity index (χ0) is 15.3. The average molecular weight is 293 g/mol. The molecule has 0 aliphatic rings. The summed E-state index contributed by atoms with van der Waals surface area (Å²) in [6.45, 7) is 0. The molecule has 9 heteroatoms. The Bertz CT molecular complexity index is 861. The minimum absolute atomic E-state index is 0.0132. The van der Waals surface area contributed by atoms with Crippen molar-refractivity contribution in [3.05, 3.63) is 56.1 Å². The largest absolute Gasteiger partial charge is 0.350 e. The summed E-state index contributed by atoms with van der Waals surface area (Å²) >= 11 is 0. The summed E-state index contributed by atoms with van der Waals surface area (Å²) in [4.78, 5) is 22.3. The van der Waals surface area contributed by atoms with Crippen LogP contribution in [0.4, 0.5) is 20.2 Å². The lowest BCUT2D eigenvalue weighted by molar-refractivity contribution is -0.385. The van der Waals surface area contributed by atoms with Gasteiger partial charge < -0.3 is 4.98 Å². The van der Waals surface area contributed by atoms with Gasteiger partial charge in [0.05, 0.1) is 33.0 Å². The molecule has 0 spiro atoms. The highest BCUT2D eigenvalue weighted by Crippen LogP contribution is 2.34. The van der Waals surface area contributed by atoms with Crippen molar-refractivity contribution in [2.75, 3.05) is 0 Å². The smallest absolute Gasteiger partial charge is 0.273 e. The van der Waals surface area contributed by atoms with E-state index in [1.165, 1.54) is 0 Å². The number of non-ortho nitro benzene ring substituents is 2. The van der Waals surface area contributed by atoms with Gasteiger partial charge in [0.15, 0.2) is 11.6 Å². The highest BCUT2D eigenvalue weighted by molar-refractivity contribution is 6.09. The van der Waals surface area contributed by atoms with Crippen molar-refractivity contribution in [1.29, 1.82) is 0 Å². The van der Waals surface area contributed by atoms with Gasteiger partial charge in [-0.3, -0.25) is 20.2 Å². The first-order valence-corrected chi connectivity index (χ1v) is 5.61.